The lowest BCUT2D eigenvalue weighted by Gasteiger charge is -2.10. The third-order valence-electron chi connectivity index (χ3n) is 3.40. The molecule has 1 aromatic carbocycles. The smallest absolute Gasteiger partial charge is 0.234 e. The monoisotopic (exact) mass is 360 g/mol. The third-order valence-corrected chi connectivity index (χ3v) is 4.39. The number of benzene rings is 1. The number of aromatic nitrogens is 3. The van der Waals surface area contributed by atoms with Crippen molar-refractivity contribution in [2.24, 2.45) is 0 Å². The SMILES string of the molecule is C=CCn1cnnc1SCC(=O)Nc1cc2c(cc1C(C)=O)OCO2. The maximum Gasteiger partial charge on any atom is 0.234 e. The van der Waals surface area contributed by atoms with Crippen molar-refractivity contribution in [3.63, 3.8) is 0 Å². The average molecular weight is 360 g/mol. The number of nitrogens with zero attached hydrogens (tertiary/aromatic N) is 3. The Labute approximate surface area is 148 Å². The van der Waals surface area contributed by atoms with Crippen molar-refractivity contribution in [1.82, 2.24) is 14.8 Å². The van der Waals surface area contributed by atoms with Crippen LogP contribution >= 0.6 is 11.8 Å². The molecule has 9 heteroatoms. The lowest BCUT2D eigenvalue weighted by atomic mass is 10.1. The van der Waals surface area contributed by atoms with Crippen LogP contribution in [-0.2, 0) is 11.3 Å². The highest BCUT2D eigenvalue weighted by Gasteiger charge is 2.20. The Morgan fingerprint density at radius 2 is 2.16 bits per heavy atom. The molecule has 130 valence electrons. The summed E-state index contributed by atoms with van der Waals surface area (Å²) in [5, 5.41) is 11.1. The number of fused-ring (bicyclic) bond motifs is 1. The second-order valence-electron chi connectivity index (χ2n) is 5.20. The Balaban J connectivity index is 1.69. The minimum absolute atomic E-state index is 0.0961. The van der Waals surface area contributed by atoms with Gasteiger partial charge < -0.3 is 19.4 Å². The molecule has 0 aliphatic carbocycles. The molecule has 0 bridgehead atoms. The molecule has 0 atom stereocenters. The van der Waals surface area contributed by atoms with Gasteiger partial charge in [-0.05, 0) is 13.0 Å². The van der Waals surface area contributed by atoms with Gasteiger partial charge in [-0.15, -0.1) is 16.8 Å². The van der Waals surface area contributed by atoms with Crippen molar-refractivity contribution in [2.75, 3.05) is 17.9 Å². The van der Waals surface area contributed by atoms with Gasteiger partial charge in [-0.3, -0.25) is 9.59 Å². The van der Waals surface area contributed by atoms with Gasteiger partial charge >= 0.3 is 0 Å². The van der Waals surface area contributed by atoms with Crippen molar-refractivity contribution in [2.45, 2.75) is 18.6 Å². The fraction of sp³-hybridized carbons (Fsp3) is 0.250. The summed E-state index contributed by atoms with van der Waals surface area (Å²) >= 11 is 1.25. The Hall–Kier alpha value is -2.81. The maximum atomic E-state index is 12.3. The van der Waals surface area contributed by atoms with Gasteiger partial charge in [0.05, 0.1) is 11.4 Å². The van der Waals surface area contributed by atoms with E-state index in [4.69, 9.17) is 9.47 Å². The first-order valence-electron chi connectivity index (χ1n) is 7.44. The molecule has 0 spiro atoms. The summed E-state index contributed by atoms with van der Waals surface area (Å²) in [7, 11) is 0. The number of hydrogen-bond donors (Lipinski definition) is 1. The minimum atomic E-state index is -0.264. The fourth-order valence-electron chi connectivity index (χ4n) is 2.27. The summed E-state index contributed by atoms with van der Waals surface area (Å²) in [6, 6.07) is 3.18. The number of allylic oxidation sites excluding steroid dienone is 1. The highest BCUT2D eigenvalue weighted by molar-refractivity contribution is 7.99. The van der Waals surface area contributed by atoms with Crippen LogP contribution in [0.2, 0.25) is 0 Å². The quantitative estimate of drug-likeness (QED) is 0.459. The number of amides is 1. The molecule has 0 radical (unpaired) electrons. The van der Waals surface area contributed by atoms with Gasteiger partial charge in [-0.2, -0.15) is 0 Å². The lowest BCUT2D eigenvalue weighted by Crippen LogP contribution is -2.16. The molecule has 1 N–H and O–H groups in total. The normalized spacial score (nSPS) is 12.0. The number of hydrogen-bond acceptors (Lipinski definition) is 7. The van der Waals surface area contributed by atoms with Crippen LogP contribution in [0.4, 0.5) is 5.69 Å². The molecule has 0 fully saturated rings. The third kappa shape index (κ3) is 3.82. The van der Waals surface area contributed by atoms with Gasteiger partial charge in [0, 0.05) is 18.2 Å². The second kappa shape index (κ2) is 7.39. The van der Waals surface area contributed by atoms with Gasteiger partial charge in [0.1, 0.15) is 6.33 Å². The van der Waals surface area contributed by atoms with Gasteiger partial charge in [-0.25, -0.2) is 0 Å². The molecule has 1 amide bonds. The first-order chi connectivity index (χ1) is 12.1. The largest absolute Gasteiger partial charge is 0.454 e. The van der Waals surface area contributed by atoms with Gasteiger partial charge in [0.15, 0.2) is 22.4 Å². The average Bonchev–Trinajstić information content (AvgIpc) is 3.21. The summed E-state index contributed by atoms with van der Waals surface area (Å²) in [6.07, 6.45) is 3.30. The first kappa shape index (κ1) is 17.0. The molecule has 0 saturated carbocycles. The van der Waals surface area contributed by atoms with Gasteiger partial charge in [-0.1, -0.05) is 17.8 Å². The number of thioether (sulfide) groups is 1. The Bertz CT molecular complexity index is 834. The van der Waals surface area contributed by atoms with Crippen LogP contribution in [0.5, 0.6) is 11.5 Å². The van der Waals surface area contributed by atoms with E-state index in [2.05, 4.69) is 22.1 Å². The van der Waals surface area contributed by atoms with E-state index in [0.29, 0.717) is 34.5 Å². The topological polar surface area (TPSA) is 95.3 Å². The van der Waals surface area contributed by atoms with Gasteiger partial charge in [0.2, 0.25) is 12.7 Å². The zero-order valence-electron chi connectivity index (χ0n) is 13.5. The van der Waals surface area contributed by atoms with Gasteiger partial charge in [0.25, 0.3) is 0 Å². The van der Waals surface area contributed by atoms with Crippen LogP contribution in [0.1, 0.15) is 17.3 Å². The number of carbonyl (C=O) groups excluding carboxylic acids is 2. The Morgan fingerprint density at radius 1 is 1.40 bits per heavy atom. The molecular formula is C16H16N4O4S. The predicted octanol–water partition coefficient (Wildman–Crippen LogP) is 2.13. The summed E-state index contributed by atoms with van der Waals surface area (Å²) in [6.45, 7) is 5.75. The van der Waals surface area contributed by atoms with Crippen LogP contribution in [-0.4, -0.2) is 39.0 Å². The number of Topliss-reactive ketones (excluding diaryl/α,β-unsaturated/α-hetero) is 1. The van der Waals surface area contributed by atoms with E-state index in [1.807, 2.05) is 0 Å². The van der Waals surface area contributed by atoms with Crippen LogP contribution in [0.25, 0.3) is 0 Å². The van der Waals surface area contributed by atoms with E-state index >= 15 is 0 Å². The van der Waals surface area contributed by atoms with Crippen LogP contribution in [0, 0.1) is 0 Å². The molecule has 3 rings (SSSR count). The Kier molecular flexibility index (Phi) is 5.03. The summed E-state index contributed by atoms with van der Waals surface area (Å²) < 4.78 is 12.3. The van der Waals surface area contributed by atoms with Crippen molar-refractivity contribution in [3.8, 4) is 11.5 Å². The van der Waals surface area contributed by atoms with E-state index in [0.717, 1.165) is 0 Å². The number of nitrogens with one attached hydrogen (secondary N) is 1. The summed E-state index contributed by atoms with van der Waals surface area (Å²) in [5.74, 6) is 0.682. The molecule has 1 aromatic heterocycles. The number of rotatable bonds is 7. The van der Waals surface area contributed by atoms with Crippen LogP contribution < -0.4 is 14.8 Å². The summed E-state index contributed by atoms with van der Waals surface area (Å²) in [5.41, 5.74) is 0.771. The molecule has 1 aliphatic heterocycles. The summed E-state index contributed by atoms with van der Waals surface area (Å²) in [4.78, 5) is 24.1. The number of ketones is 1. The van der Waals surface area contributed by atoms with Crippen molar-refractivity contribution in [1.29, 1.82) is 0 Å². The standard InChI is InChI=1S/C16H16N4O4S/c1-3-4-20-8-17-19-16(20)25-7-15(22)18-12-6-14-13(23-9-24-14)5-11(12)10(2)21/h3,5-6,8H,1,4,7,9H2,2H3,(H,18,22). The van der Waals surface area contributed by atoms with Crippen LogP contribution in [0.3, 0.4) is 0 Å². The van der Waals surface area contributed by atoms with Crippen molar-refractivity contribution < 1.29 is 19.1 Å². The van der Waals surface area contributed by atoms with E-state index in [9.17, 15) is 9.59 Å². The Morgan fingerprint density at radius 3 is 2.88 bits per heavy atom. The molecule has 25 heavy (non-hydrogen) atoms. The molecule has 1 aliphatic rings. The zero-order valence-corrected chi connectivity index (χ0v) is 14.3. The predicted molar refractivity (Wildman–Crippen MR) is 92.1 cm³/mol. The molecular weight excluding hydrogens is 344 g/mol. The minimum Gasteiger partial charge on any atom is -0.454 e. The number of carbonyl (C=O) groups is 2. The molecule has 0 unspecified atom stereocenters. The van der Waals surface area contributed by atoms with Crippen LogP contribution in [0.15, 0.2) is 36.3 Å². The number of ether oxygens (including phenoxy) is 2. The zero-order chi connectivity index (χ0) is 17.8. The van der Waals surface area contributed by atoms with Crippen molar-refractivity contribution in [3.05, 3.63) is 36.7 Å². The highest BCUT2D eigenvalue weighted by atomic mass is 32.2. The van der Waals surface area contributed by atoms with Crippen molar-refractivity contribution >= 4 is 29.1 Å². The highest BCUT2D eigenvalue weighted by Crippen LogP contribution is 2.37. The molecule has 0 saturated heterocycles. The molecule has 8 nitrogen and oxygen atoms in total. The van der Waals surface area contributed by atoms with E-state index in [1.54, 1.807) is 29.1 Å². The fourth-order valence-corrected chi connectivity index (χ4v) is 3.00. The molecule has 2 aromatic rings. The first-order valence-corrected chi connectivity index (χ1v) is 8.43. The second-order valence-corrected chi connectivity index (χ2v) is 6.14. The van der Waals surface area contributed by atoms with E-state index in [-0.39, 0.29) is 24.2 Å². The molecule has 2 heterocycles. The number of anilines is 1. The lowest BCUT2D eigenvalue weighted by molar-refractivity contribution is -0.113. The van der Waals surface area contributed by atoms with E-state index in [1.165, 1.54) is 18.7 Å². The van der Waals surface area contributed by atoms with E-state index < -0.39 is 0 Å². The maximum absolute atomic E-state index is 12.3.